The Bertz CT molecular complexity index is 845. The Kier molecular flexibility index (Phi) is 5.67. The van der Waals surface area contributed by atoms with Crippen LogP contribution in [0.1, 0.15) is 46.1 Å². The molecule has 0 bridgehead atoms. The fourth-order valence-electron chi connectivity index (χ4n) is 2.87. The highest BCUT2D eigenvalue weighted by atomic mass is 35.5. The zero-order valence-corrected chi connectivity index (χ0v) is 16.0. The van der Waals surface area contributed by atoms with Gasteiger partial charge in [-0.05, 0) is 50.3 Å². The summed E-state index contributed by atoms with van der Waals surface area (Å²) in [5, 5.41) is 11.2. The van der Waals surface area contributed by atoms with Crippen molar-refractivity contribution in [3.05, 3.63) is 43.7 Å². The second-order valence-electron chi connectivity index (χ2n) is 5.70. The Morgan fingerprint density at radius 1 is 1.36 bits per heavy atom. The lowest BCUT2D eigenvalue weighted by atomic mass is 9.95. The van der Waals surface area contributed by atoms with Crippen molar-refractivity contribution in [2.75, 3.05) is 6.61 Å². The molecule has 4 nitrogen and oxygen atoms in total. The van der Waals surface area contributed by atoms with Crippen LogP contribution in [0.15, 0.2) is 17.1 Å². The number of aryl methyl sites for hydroxylation is 1. The molecular formula is C18H17Cl2NO3S. The standard InChI is InChI=1S/C18H17Cl2NO3S/c1-2-24-18(23)15-12-5-3-4-6-14(12)25-17(15)21-9-10-7-11(19)8-13(20)16(10)22/h7-9,22H,2-6H2,1H3/b21-9+. The van der Waals surface area contributed by atoms with Crippen LogP contribution in [0, 0.1) is 0 Å². The van der Waals surface area contributed by atoms with Gasteiger partial charge in [0.25, 0.3) is 0 Å². The van der Waals surface area contributed by atoms with E-state index in [-0.39, 0.29) is 16.7 Å². The first kappa shape index (κ1) is 18.2. The maximum atomic E-state index is 12.4. The van der Waals surface area contributed by atoms with Gasteiger partial charge in [-0.2, -0.15) is 0 Å². The number of fused-ring (bicyclic) bond motifs is 1. The second-order valence-corrected chi connectivity index (χ2v) is 7.62. The van der Waals surface area contributed by atoms with Gasteiger partial charge in [-0.15, -0.1) is 11.3 Å². The number of carbonyl (C=O) groups excluding carboxylic acids is 1. The molecule has 1 heterocycles. The van der Waals surface area contributed by atoms with E-state index in [1.165, 1.54) is 28.5 Å². The number of esters is 1. The molecule has 0 radical (unpaired) electrons. The van der Waals surface area contributed by atoms with Crippen molar-refractivity contribution >= 4 is 51.7 Å². The maximum absolute atomic E-state index is 12.4. The molecular weight excluding hydrogens is 381 g/mol. The van der Waals surface area contributed by atoms with Gasteiger partial charge in [-0.25, -0.2) is 9.79 Å². The number of thiophene rings is 1. The molecule has 3 rings (SSSR count). The van der Waals surface area contributed by atoms with Crippen LogP contribution in [-0.4, -0.2) is 23.9 Å². The predicted molar refractivity (Wildman–Crippen MR) is 102 cm³/mol. The molecule has 0 spiro atoms. The van der Waals surface area contributed by atoms with Crippen molar-refractivity contribution in [1.29, 1.82) is 0 Å². The quantitative estimate of drug-likeness (QED) is 0.541. The summed E-state index contributed by atoms with van der Waals surface area (Å²) in [6.07, 6.45) is 5.47. The lowest BCUT2D eigenvalue weighted by Gasteiger charge is -2.11. The van der Waals surface area contributed by atoms with Gasteiger partial charge < -0.3 is 9.84 Å². The minimum atomic E-state index is -0.345. The summed E-state index contributed by atoms with van der Waals surface area (Å²) in [5.41, 5.74) is 2.00. The molecule has 132 valence electrons. The number of halogens is 2. The van der Waals surface area contributed by atoms with Crippen molar-refractivity contribution in [3.8, 4) is 5.75 Å². The number of ether oxygens (including phenoxy) is 1. The van der Waals surface area contributed by atoms with Crippen molar-refractivity contribution in [2.45, 2.75) is 32.6 Å². The van der Waals surface area contributed by atoms with Crippen LogP contribution in [0.3, 0.4) is 0 Å². The smallest absolute Gasteiger partial charge is 0.341 e. The zero-order chi connectivity index (χ0) is 18.0. The number of aliphatic imine (C=N–C) groups is 1. The van der Waals surface area contributed by atoms with E-state index in [1.807, 2.05) is 0 Å². The molecule has 1 aromatic carbocycles. The van der Waals surface area contributed by atoms with E-state index in [1.54, 1.807) is 13.0 Å². The Hall–Kier alpha value is -1.56. The van der Waals surface area contributed by atoms with Crippen LogP contribution >= 0.6 is 34.5 Å². The van der Waals surface area contributed by atoms with E-state index in [9.17, 15) is 9.90 Å². The molecule has 0 fully saturated rings. The van der Waals surface area contributed by atoms with Crippen molar-refractivity contribution < 1.29 is 14.6 Å². The fraction of sp³-hybridized carbons (Fsp3) is 0.333. The first-order valence-corrected chi connectivity index (χ1v) is 9.62. The average molecular weight is 398 g/mol. The summed E-state index contributed by atoms with van der Waals surface area (Å²) in [6.45, 7) is 2.10. The second kappa shape index (κ2) is 7.77. The zero-order valence-electron chi connectivity index (χ0n) is 13.6. The number of nitrogens with zero attached hydrogens (tertiary/aromatic N) is 1. The van der Waals surface area contributed by atoms with Crippen molar-refractivity contribution in [3.63, 3.8) is 0 Å². The Labute approximate surface area is 160 Å². The first-order chi connectivity index (χ1) is 12.0. The van der Waals surface area contributed by atoms with Gasteiger partial charge in [0.2, 0.25) is 0 Å². The monoisotopic (exact) mass is 397 g/mol. The minimum absolute atomic E-state index is 0.0891. The van der Waals surface area contributed by atoms with Crippen LogP contribution in [0.4, 0.5) is 5.00 Å². The van der Waals surface area contributed by atoms with Gasteiger partial charge in [0, 0.05) is 21.7 Å². The SMILES string of the molecule is CCOC(=O)c1c(/N=C/c2cc(Cl)cc(Cl)c2O)sc2c1CCCC2. The Morgan fingerprint density at radius 2 is 2.12 bits per heavy atom. The molecule has 0 atom stereocenters. The third kappa shape index (κ3) is 3.84. The van der Waals surface area contributed by atoms with Crippen LogP contribution in [0.5, 0.6) is 5.75 Å². The first-order valence-electron chi connectivity index (χ1n) is 8.05. The highest BCUT2D eigenvalue weighted by molar-refractivity contribution is 7.16. The molecule has 25 heavy (non-hydrogen) atoms. The predicted octanol–water partition coefficient (Wildman–Crippen LogP) is 5.57. The van der Waals surface area contributed by atoms with E-state index in [2.05, 4.69) is 4.99 Å². The lowest BCUT2D eigenvalue weighted by molar-refractivity contribution is 0.0526. The molecule has 0 unspecified atom stereocenters. The maximum Gasteiger partial charge on any atom is 0.341 e. The average Bonchev–Trinajstić information content (AvgIpc) is 2.95. The van der Waals surface area contributed by atoms with E-state index in [4.69, 9.17) is 27.9 Å². The number of carbonyl (C=O) groups is 1. The Balaban J connectivity index is 2.02. The van der Waals surface area contributed by atoms with E-state index in [0.29, 0.717) is 27.8 Å². The number of hydrogen-bond donors (Lipinski definition) is 1. The van der Waals surface area contributed by atoms with E-state index < -0.39 is 0 Å². The molecule has 1 aliphatic rings. The topological polar surface area (TPSA) is 58.9 Å². The number of phenols is 1. The summed E-state index contributed by atoms with van der Waals surface area (Å²) in [7, 11) is 0. The number of benzene rings is 1. The summed E-state index contributed by atoms with van der Waals surface area (Å²) < 4.78 is 5.21. The van der Waals surface area contributed by atoms with Gasteiger partial charge in [-0.1, -0.05) is 23.2 Å². The Morgan fingerprint density at radius 3 is 2.88 bits per heavy atom. The number of aromatic hydroxyl groups is 1. The summed E-state index contributed by atoms with van der Waals surface area (Å²) in [5.74, 6) is -0.434. The third-order valence-electron chi connectivity index (χ3n) is 4.01. The molecule has 1 aromatic heterocycles. The molecule has 0 aliphatic heterocycles. The third-order valence-corrected chi connectivity index (χ3v) is 5.72. The minimum Gasteiger partial charge on any atom is -0.506 e. The largest absolute Gasteiger partial charge is 0.506 e. The van der Waals surface area contributed by atoms with Gasteiger partial charge in [0.1, 0.15) is 10.8 Å². The summed E-state index contributed by atoms with van der Waals surface area (Å²) in [4.78, 5) is 18.0. The van der Waals surface area contributed by atoms with Crippen molar-refractivity contribution in [2.24, 2.45) is 4.99 Å². The van der Waals surface area contributed by atoms with Crippen LogP contribution < -0.4 is 0 Å². The molecule has 1 aliphatic carbocycles. The molecule has 1 N–H and O–H groups in total. The number of hydrogen-bond acceptors (Lipinski definition) is 5. The number of phenolic OH excluding ortho intramolecular Hbond substituents is 1. The summed E-state index contributed by atoms with van der Waals surface area (Å²) in [6, 6.07) is 3.04. The lowest BCUT2D eigenvalue weighted by Crippen LogP contribution is -2.09. The van der Waals surface area contributed by atoms with Gasteiger partial charge in [0.15, 0.2) is 0 Å². The molecule has 0 amide bonds. The highest BCUT2D eigenvalue weighted by Crippen LogP contribution is 2.40. The molecule has 0 saturated heterocycles. The molecule has 2 aromatic rings. The van der Waals surface area contributed by atoms with Gasteiger partial charge in [-0.3, -0.25) is 0 Å². The highest BCUT2D eigenvalue weighted by Gasteiger charge is 2.26. The molecule has 7 heteroatoms. The van der Waals surface area contributed by atoms with E-state index in [0.717, 1.165) is 31.2 Å². The van der Waals surface area contributed by atoms with E-state index >= 15 is 0 Å². The van der Waals surface area contributed by atoms with Gasteiger partial charge in [0.05, 0.1) is 17.2 Å². The van der Waals surface area contributed by atoms with Crippen LogP contribution in [-0.2, 0) is 17.6 Å². The number of rotatable bonds is 4. The van der Waals surface area contributed by atoms with Crippen LogP contribution in [0.2, 0.25) is 10.0 Å². The fourth-order valence-corrected chi connectivity index (χ4v) is 4.60. The van der Waals surface area contributed by atoms with Crippen molar-refractivity contribution in [1.82, 2.24) is 0 Å². The van der Waals surface area contributed by atoms with Crippen LogP contribution in [0.25, 0.3) is 0 Å². The normalized spacial score (nSPS) is 13.9. The van der Waals surface area contributed by atoms with Gasteiger partial charge >= 0.3 is 5.97 Å². The molecule has 0 saturated carbocycles. The summed E-state index contributed by atoms with van der Waals surface area (Å²) >= 11 is 13.4.